The Morgan fingerprint density at radius 2 is 1.93 bits per heavy atom. The summed E-state index contributed by atoms with van der Waals surface area (Å²) in [6.07, 6.45) is 6.74. The molecular weight excluding hydrogens is 352 g/mol. The third kappa shape index (κ3) is 4.96. The SMILES string of the molecule is O=C(COc1cccc([N+](=O)[O-])c1)OCC(=O)N1CCCC2CCCCC21. The van der Waals surface area contributed by atoms with Gasteiger partial charge in [-0.2, -0.15) is 0 Å². The van der Waals surface area contributed by atoms with E-state index in [9.17, 15) is 19.7 Å². The van der Waals surface area contributed by atoms with E-state index in [1.165, 1.54) is 43.5 Å². The molecule has 1 amide bonds. The maximum Gasteiger partial charge on any atom is 0.344 e. The van der Waals surface area contributed by atoms with Gasteiger partial charge >= 0.3 is 5.97 Å². The van der Waals surface area contributed by atoms with Gasteiger partial charge in [-0.1, -0.05) is 18.9 Å². The molecule has 8 heteroatoms. The zero-order valence-electron chi connectivity index (χ0n) is 15.2. The molecule has 1 heterocycles. The van der Waals surface area contributed by atoms with E-state index in [1.807, 2.05) is 4.90 Å². The van der Waals surface area contributed by atoms with Crippen molar-refractivity contribution in [1.29, 1.82) is 0 Å². The van der Waals surface area contributed by atoms with Crippen LogP contribution in [0.5, 0.6) is 5.75 Å². The molecule has 2 aliphatic rings. The third-order valence-electron chi connectivity index (χ3n) is 5.31. The molecule has 146 valence electrons. The van der Waals surface area contributed by atoms with Crippen molar-refractivity contribution in [3.63, 3.8) is 0 Å². The number of ether oxygens (including phenoxy) is 2. The van der Waals surface area contributed by atoms with Crippen molar-refractivity contribution in [2.24, 2.45) is 5.92 Å². The summed E-state index contributed by atoms with van der Waals surface area (Å²) in [5.74, 6) is -0.0553. The minimum Gasteiger partial charge on any atom is -0.482 e. The van der Waals surface area contributed by atoms with Crippen LogP contribution in [0.15, 0.2) is 24.3 Å². The summed E-state index contributed by atoms with van der Waals surface area (Å²) >= 11 is 0. The molecule has 1 aliphatic heterocycles. The number of rotatable bonds is 6. The van der Waals surface area contributed by atoms with Crippen LogP contribution in [0.25, 0.3) is 0 Å². The van der Waals surface area contributed by atoms with E-state index in [0.29, 0.717) is 5.92 Å². The van der Waals surface area contributed by atoms with Crippen LogP contribution >= 0.6 is 0 Å². The van der Waals surface area contributed by atoms with Crippen LogP contribution in [0, 0.1) is 16.0 Å². The van der Waals surface area contributed by atoms with Crippen molar-refractivity contribution < 1.29 is 24.0 Å². The van der Waals surface area contributed by atoms with E-state index >= 15 is 0 Å². The van der Waals surface area contributed by atoms with Gasteiger partial charge in [0.15, 0.2) is 13.2 Å². The standard InChI is InChI=1S/C19H24N2O6/c22-18(20-10-4-6-14-5-1-2-9-17(14)20)12-27-19(23)13-26-16-8-3-7-15(11-16)21(24)25/h3,7-8,11,14,17H,1-2,4-6,9-10,12-13H2. The smallest absolute Gasteiger partial charge is 0.344 e. The molecule has 0 N–H and O–H groups in total. The second kappa shape index (κ2) is 8.83. The van der Waals surface area contributed by atoms with E-state index in [-0.39, 0.29) is 30.0 Å². The van der Waals surface area contributed by atoms with Crippen LogP contribution in [0.1, 0.15) is 38.5 Å². The molecule has 3 rings (SSSR count). The van der Waals surface area contributed by atoms with Crippen LogP contribution in [0.4, 0.5) is 5.69 Å². The van der Waals surface area contributed by atoms with E-state index in [4.69, 9.17) is 9.47 Å². The summed E-state index contributed by atoms with van der Waals surface area (Å²) in [6, 6.07) is 5.83. The number of non-ortho nitro benzene ring substituents is 1. The van der Waals surface area contributed by atoms with Gasteiger partial charge < -0.3 is 14.4 Å². The molecular formula is C19H24N2O6. The van der Waals surface area contributed by atoms with Crippen molar-refractivity contribution in [3.05, 3.63) is 34.4 Å². The molecule has 0 aromatic heterocycles. The minimum atomic E-state index is -0.674. The second-order valence-electron chi connectivity index (χ2n) is 7.05. The number of nitrogens with zero attached hydrogens (tertiary/aromatic N) is 2. The number of piperidine rings is 1. The summed E-state index contributed by atoms with van der Waals surface area (Å²) in [7, 11) is 0. The number of hydrogen-bond acceptors (Lipinski definition) is 6. The lowest BCUT2D eigenvalue weighted by atomic mass is 9.78. The van der Waals surface area contributed by atoms with Gasteiger partial charge in [-0.25, -0.2) is 4.79 Å². The number of fused-ring (bicyclic) bond motifs is 1. The van der Waals surface area contributed by atoms with Crippen LogP contribution in [0.2, 0.25) is 0 Å². The monoisotopic (exact) mass is 376 g/mol. The number of benzene rings is 1. The number of likely N-dealkylation sites (tertiary alicyclic amines) is 1. The third-order valence-corrected chi connectivity index (χ3v) is 5.31. The average molecular weight is 376 g/mol. The van der Waals surface area contributed by atoms with Crippen LogP contribution < -0.4 is 4.74 Å². The predicted octanol–water partition coefficient (Wildman–Crippen LogP) is 2.70. The fourth-order valence-electron chi connectivity index (χ4n) is 4.03. The van der Waals surface area contributed by atoms with E-state index < -0.39 is 17.5 Å². The highest BCUT2D eigenvalue weighted by Gasteiger charge is 2.35. The first-order chi connectivity index (χ1) is 13.0. The van der Waals surface area contributed by atoms with Gasteiger partial charge in [-0.15, -0.1) is 0 Å². The Morgan fingerprint density at radius 1 is 1.15 bits per heavy atom. The topological polar surface area (TPSA) is 99.0 Å². The van der Waals surface area contributed by atoms with Gasteiger partial charge in [-0.05, 0) is 37.7 Å². The fraction of sp³-hybridized carbons (Fsp3) is 0.579. The lowest BCUT2D eigenvalue weighted by Gasteiger charge is -2.44. The number of nitro benzene ring substituents is 1. The quantitative estimate of drug-likeness (QED) is 0.430. The molecule has 1 aromatic rings. The largest absolute Gasteiger partial charge is 0.482 e. The first-order valence-electron chi connectivity index (χ1n) is 9.37. The van der Waals surface area contributed by atoms with Crippen molar-refractivity contribution in [2.75, 3.05) is 19.8 Å². The summed E-state index contributed by atoms with van der Waals surface area (Å²) in [6.45, 7) is 0.0303. The summed E-state index contributed by atoms with van der Waals surface area (Å²) in [4.78, 5) is 36.4. The van der Waals surface area contributed by atoms with Crippen molar-refractivity contribution in [1.82, 2.24) is 4.90 Å². The average Bonchev–Trinajstić information content (AvgIpc) is 2.70. The van der Waals surface area contributed by atoms with Crippen molar-refractivity contribution >= 4 is 17.6 Å². The number of esters is 1. The molecule has 1 aliphatic carbocycles. The van der Waals surface area contributed by atoms with Crippen molar-refractivity contribution in [2.45, 2.75) is 44.6 Å². The van der Waals surface area contributed by atoms with Gasteiger partial charge in [0, 0.05) is 18.7 Å². The molecule has 1 saturated carbocycles. The summed E-state index contributed by atoms with van der Waals surface area (Å²) in [5, 5.41) is 10.7. The maximum absolute atomic E-state index is 12.5. The van der Waals surface area contributed by atoms with Crippen molar-refractivity contribution in [3.8, 4) is 5.75 Å². The highest BCUT2D eigenvalue weighted by molar-refractivity contribution is 5.81. The number of carbonyl (C=O) groups is 2. The highest BCUT2D eigenvalue weighted by Crippen LogP contribution is 2.35. The molecule has 0 spiro atoms. The Balaban J connectivity index is 1.45. The maximum atomic E-state index is 12.5. The van der Waals surface area contributed by atoms with Gasteiger partial charge in [0.2, 0.25) is 0 Å². The molecule has 0 radical (unpaired) electrons. The van der Waals surface area contributed by atoms with E-state index in [0.717, 1.165) is 25.8 Å². The zero-order chi connectivity index (χ0) is 19.2. The molecule has 2 unspecified atom stereocenters. The normalized spacial score (nSPS) is 21.9. The van der Waals surface area contributed by atoms with Crippen LogP contribution in [-0.4, -0.2) is 47.5 Å². The number of carbonyl (C=O) groups excluding carboxylic acids is 2. The minimum absolute atomic E-state index is 0.122. The Labute approximate surface area is 157 Å². The second-order valence-corrected chi connectivity index (χ2v) is 7.05. The summed E-state index contributed by atoms with van der Waals surface area (Å²) < 4.78 is 10.3. The first kappa shape index (κ1) is 19.1. The number of hydrogen-bond donors (Lipinski definition) is 0. The highest BCUT2D eigenvalue weighted by atomic mass is 16.6. The zero-order valence-corrected chi connectivity index (χ0v) is 15.2. The van der Waals surface area contributed by atoms with E-state index in [1.54, 1.807) is 0 Å². The fourth-order valence-corrected chi connectivity index (χ4v) is 4.03. The number of nitro groups is 1. The Hall–Kier alpha value is -2.64. The first-order valence-corrected chi connectivity index (χ1v) is 9.37. The predicted molar refractivity (Wildman–Crippen MR) is 96.2 cm³/mol. The molecule has 27 heavy (non-hydrogen) atoms. The molecule has 1 saturated heterocycles. The molecule has 2 atom stereocenters. The molecule has 1 aromatic carbocycles. The van der Waals surface area contributed by atoms with E-state index in [2.05, 4.69) is 0 Å². The van der Waals surface area contributed by atoms with Gasteiger partial charge in [-0.3, -0.25) is 14.9 Å². The Morgan fingerprint density at radius 3 is 2.74 bits per heavy atom. The van der Waals surface area contributed by atoms with Gasteiger partial charge in [0.05, 0.1) is 11.0 Å². The molecule has 0 bridgehead atoms. The lowest BCUT2D eigenvalue weighted by molar-refractivity contribution is -0.384. The Bertz CT molecular complexity index is 705. The lowest BCUT2D eigenvalue weighted by Crippen LogP contribution is -2.51. The van der Waals surface area contributed by atoms with Gasteiger partial charge in [0.25, 0.3) is 11.6 Å². The van der Waals surface area contributed by atoms with Gasteiger partial charge in [0.1, 0.15) is 5.75 Å². The molecule has 2 fully saturated rings. The number of amides is 1. The van der Waals surface area contributed by atoms with Crippen LogP contribution in [-0.2, 0) is 14.3 Å². The molecule has 8 nitrogen and oxygen atoms in total. The summed E-state index contributed by atoms with van der Waals surface area (Å²) in [5.41, 5.74) is -0.122. The Kier molecular flexibility index (Phi) is 6.26. The van der Waals surface area contributed by atoms with Crippen LogP contribution in [0.3, 0.4) is 0 Å².